The molecule has 5 nitrogen and oxygen atoms in total. The minimum atomic E-state index is -0.153. The number of aryl methyl sites for hydroxylation is 1. The third kappa shape index (κ3) is 2.92. The molecule has 3 rings (SSSR count). The SMILES string of the molecule is Cc1cc(-c2ccc(C#N)cc2)ccc1N1CC(=O)NCC1=O. The average Bonchev–Trinajstić information content (AvgIpc) is 2.57. The Balaban J connectivity index is 1.92. The van der Waals surface area contributed by atoms with Crippen molar-refractivity contribution in [3.63, 3.8) is 0 Å². The number of piperazine rings is 1. The van der Waals surface area contributed by atoms with Crippen molar-refractivity contribution in [1.82, 2.24) is 5.32 Å². The third-order valence-corrected chi connectivity index (χ3v) is 3.87. The van der Waals surface area contributed by atoms with E-state index in [0.29, 0.717) is 5.56 Å². The van der Waals surface area contributed by atoms with Crippen LogP contribution in [0.3, 0.4) is 0 Å². The van der Waals surface area contributed by atoms with Gasteiger partial charge < -0.3 is 10.2 Å². The van der Waals surface area contributed by atoms with Crippen LogP contribution in [-0.2, 0) is 9.59 Å². The van der Waals surface area contributed by atoms with Crippen LogP contribution in [0.1, 0.15) is 11.1 Å². The van der Waals surface area contributed by atoms with E-state index in [2.05, 4.69) is 11.4 Å². The lowest BCUT2D eigenvalue weighted by Crippen LogP contribution is -2.51. The number of hydrogen-bond donors (Lipinski definition) is 1. The lowest BCUT2D eigenvalue weighted by Gasteiger charge is -2.28. The topological polar surface area (TPSA) is 73.2 Å². The molecule has 0 aliphatic carbocycles. The molecule has 1 aliphatic heterocycles. The Morgan fingerprint density at radius 2 is 1.78 bits per heavy atom. The van der Waals surface area contributed by atoms with E-state index < -0.39 is 0 Å². The lowest BCUT2D eigenvalue weighted by atomic mass is 10.0. The number of nitrogens with one attached hydrogen (secondary N) is 1. The van der Waals surface area contributed by atoms with E-state index in [4.69, 9.17) is 5.26 Å². The van der Waals surface area contributed by atoms with E-state index in [1.165, 1.54) is 4.90 Å². The average molecular weight is 305 g/mol. The van der Waals surface area contributed by atoms with Crippen LogP contribution in [0.4, 0.5) is 5.69 Å². The Hall–Kier alpha value is -3.13. The quantitative estimate of drug-likeness (QED) is 0.922. The maximum atomic E-state index is 12.0. The predicted molar refractivity (Wildman–Crippen MR) is 86.7 cm³/mol. The summed E-state index contributed by atoms with van der Waals surface area (Å²) in [4.78, 5) is 25.0. The summed E-state index contributed by atoms with van der Waals surface area (Å²) in [7, 11) is 0. The Morgan fingerprint density at radius 1 is 1.09 bits per heavy atom. The molecule has 0 unspecified atom stereocenters. The molecular formula is C18H15N3O2. The number of carbonyl (C=O) groups excluding carboxylic acids is 2. The number of nitriles is 1. The Kier molecular flexibility index (Phi) is 3.82. The summed E-state index contributed by atoms with van der Waals surface area (Å²) in [6, 6.07) is 15.2. The van der Waals surface area contributed by atoms with E-state index in [1.54, 1.807) is 12.1 Å². The first-order valence-electron chi connectivity index (χ1n) is 7.27. The van der Waals surface area contributed by atoms with Crippen molar-refractivity contribution < 1.29 is 9.59 Å². The van der Waals surface area contributed by atoms with Gasteiger partial charge in [-0.2, -0.15) is 5.26 Å². The molecular weight excluding hydrogens is 290 g/mol. The van der Waals surface area contributed by atoms with E-state index >= 15 is 0 Å². The first-order chi connectivity index (χ1) is 11.1. The highest BCUT2D eigenvalue weighted by atomic mass is 16.2. The normalized spacial score (nSPS) is 14.3. The molecule has 2 amide bonds. The molecule has 2 aromatic carbocycles. The second-order valence-corrected chi connectivity index (χ2v) is 5.45. The van der Waals surface area contributed by atoms with Gasteiger partial charge in [0.2, 0.25) is 11.8 Å². The number of benzene rings is 2. The van der Waals surface area contributed by atoms with Crippen molar-refractivity contribution >= 4 is 17.5 Å². The number of nitrogens with zero attached hydrogens (tertiary/aromatic N) is 2. The van der Waals surface area contributed by atoms with E-state index in [0.717, 1.165) is 22.4 Å². The maximum Gasteiger partial charge on any atom is 0.246 e. The van der Waals surface area contributed by atoms with Crippen LogP contribution in [0.2, 0.25) is 0 Å². The van der Waals surface area contributed by atoms with Crippen LogP contribution >= 0.6 is 0 Å². The fourth-order valence-electron chi connectivity index (χ4n) is 2.65. The zero-order chi connectivity index (χ0) is 16.4. The van der Waals surface area contributed by atoms with Crippen LogP contribution in [0.25, 0.3) is 11.1 Å². The summed E-state index contributed by atoms with van der Waals surface area (Å²) in [6.45, 7) is 2.01. The smallest absolute Gasteiger partial charge is 0.246 e. The van der Waals surface area contributed by atoms with Gasteiger partial charge in [-0.3, -0.25) is 9.59 Å². The predicted octanol–water partition coefficient (Wildman–Crippen LogP) is 2.00. The molecule has 0 bridgehead atoms. The zero-order valence-electron chi connectivity index (χ0n) is 12.7. The molecule has 1 saturated heterocycles. The van der Waals surface area contributed by atoms with Gasteiger partial charge in [-0.25, -0.2) is 0 Å². The fourth-order valence-corrected chi connectivity index (χ4v) is 2.65. The van der Waals surface area contributed by atoms with Crippen LogP contribution in [0.5, 0.6) is 0 Å². The van der Waals surface area contributed by atoms with E-state index in [9.17, 15) is 9.59 Å². The molecule has 23 heavy (non-hydrogen) atoms. The van der Waals surface area contributed by atoms with Crippen molar-refractivity contribution in [2.45, 2.75) is 6.92 Å². The van der Waals surface area contributed by atoms with Gasteiger partial charge >= 0.3 is 0 Å². The molecule has 0 saturated carbocycles. The Bertz CT molecular complexity index is 819. The molecule has 1 fully saturated rings. The highest BCUT2D eigenvalue weighted by Gasteiger charge is 2.25. The zero-order valence-corrected chi connectivity index (χ0v) is 12.7. The van der Waals surface area contributed by atoms with Gasteiger partial charge in [-0.05, 0) is 47.9 Å². The Labute approximate surface area is 134 Å². The third-order valence-electron chi connectivity index (χ3n) is 3.87. The maximum absolute atomic E-state index is 12.0. The second kappa shape index (κ2) is 5.93. The molecule has 1 N–H and O–H groups in total. The van der Waals surface area contributed by atoms with Crippen molar-refractivity contribution in [3.05, 3.63) is 53.6 Å². The highest BCUT2D eigenvalue weighted by molar-refractivity contribution is 6.05. The summed E-state index contributed by atoms with van der Waals surface area (Å²) in [5.74, 6) is -0.265. The second-order valence-electron chi connectivity index (χ2n) is 5.45. The van der Waals surface area contributed by atoms with Gasteiger partial charge in [0, 0.05) is 5.69 Å². The molecule has 114 valence electrons. The number of rotatable bonds is 2. The minimum absolute atomic E-state index is 0.0373. The summed E-state index contributed by atoms with van der Waals surface area (Å²) >= 11 is 0. The summed E-state index contributed by atoms with van der Waals surface area (Å²) < 4.78 is 0. The van der Waals surface area contributed by atoms with Gasteiger partial charge in [-0.15, -0.1) is 0 Å². The van der Waals surface area contributed by atoms with Gasteiger partial charge in [-0.1, -0.05) is 18.2 Å². The Morgan fingerprint density at radius 3 is 2.43 bits per heavy atom. The van der Waals surface area contributed by atoms with Gasteiger partial charge in [0.05, 0.1) is 18.2 Å². The monoisotopic (exact) mass is 305 g/mol. The van der Waals surface area contributed by atoms with Crippen molar-refractivity contribution in [3.8, 4) is 17.2 Å². The summed E-state index contributed by atoms with van der Waals surface area (Å²) in [5.41, 5.74) is 4.30. The van der Waals surface area contributed by atoms with Crippen LogP contribution in [0.15, 0.2) is 42.5 Å². The molecule has 5 heteroatoms. The number of anilines is 1. The molecule has 0 atom stereocenters. The first-order valence-corrected chi connectivity index (χ1v) is 7.27. The number of hydrogen-bond acceptors (Lipinski definition) is 3. The van der Waals surface area contributed by atoms with Gasteiger partial charge in [0.1, 0.15) is 6.54 Å². The first kappa shape index (κ1) is 14.8. The standard InChI is InChI=1S/C18H15N3O2/c1-12-8-15(14-4-2-13(9-19)3-5-14)6-7-16(12)21-11-17(22)20-10-18(21)23/h2-8H,10-11H2,1H3,(H,20,22). The molecule has 0 aromatic heterocycles. The number of amides is 2. The van der Waals surface area contributed by atoms with Crippen LogP contribution in [0, 0.1) is 18.3 Å². The van der Waals surface area contributed by atoms with Gasteiger partial charge in [0.15, 0.2) is 0 Å². The van der Waals surface area contributed by atoms with Crippen molar-refractivity contribution in [2.24, 2.45) is 0 Å². The highest BCUT2D eigenvalue weighted by Crippen LogP contribution is 2.28. The minimum Gasteiger partial charge on any atom is -0.345 e. The molecule has 0 radical (unpaired) electrons. The van der Waals surface area contributed by atoms with Gasteiger partial charge in [0.25, 0.3) is 0 Å². The lowest BCUT2D eigenvalue weighted by molar-refractivity contribution is -0.128. The molecule has 2 aromatic rings. The van der Waals surface area contributed by atoms with E-state index in [1.807, 2.05) is 37.3 Å². The van der Waals surface area contributed by atoms with E-state index in [-0.39, 0.29) is 24.9 Å². The number of carbonyl (C=O) groups is 2. The summed E-state index contributed by atoms with van der Waals surface area (Å²) in [6.07, 6.45) is 0. The molecule has 1 heterocycles. The summed E-state index contributed by atoms with van der Waals surface area (Å²) in [5, 5.41) is 11.4. The van der Waals surface area contributed by atoms with Crippen LogP contribution < -0.4 is 10.2 Å². The van der Waals surface area contributed by atoms with Crippen molar-refractivity contribution in [2.75, 3.05) is 18.0 Å². The largest absolute Gasteiger partial charge is 0.345 e. The van der Waals surface area contributed by atoms with Crippen molar-refractivity contribution in [1.29, 1.82) is 5.26 Å². The fraction of sp³-hybridized carbons (Fsp3) is 0.167. The molecule has 1 aliphatic rings. The molecule has 0 spiro atoms. The van der Waals surface area contributed by atoms with Crippen LogP contribution in [-0.4, -0.2) is 24.9 Å².